The second-order valence-electron chi connectivity index (χ2n) is 1.49. The lowest BCUT2D eigenvalue weighted by molar-refractivity contribution is -0.119. The highest BCUT2D eigenvalue weighted by Gasteiger charge is 2.06. The van der Waals surface area contributed by atoms with Crippen molar-refractivity contribution in [3.05, 3.63) is 0 Å². The van der Waals surface area contributed by atoms with Gasteiger partial charge in [0.05, 0.1) is 12.7 Å². The summed E-state index contributed by atoms with van der Waals surface area (Å²) >= 11 is 0. The van der Waals surface area contributed by atoms with Crippen molar-refractivity contribution in [2.45, 2.75) is 12.5 Å². The Labute approximate surface area is 46.8 Å². The van der Waals surface area contributed by atoms with Crippen molar-refractivity contribution in [1.29, 1.82) is 0 Å². The third kappa shape index (κ3) is 2.52. The van der Waals surface area contributed by atoms with Gasteiger partial charge in [0.15, 0.2) is 0 Å². The van der Waals surface area contributed by atoms with Gasteiger partial charge in [0, 0.05) is 0 Å². The van der Waals surface area contributed by atoms with Crippen molar-refractivity contribution < 1.29 is 9.18 Å². The Morgan fingerprint density at radius 2 is 2.25 bits per heavy atom. The van der Waals surface area contributed by atoms with Gasteiger partial charge in [-0.1, -0.05) is 0 Å². The zero-order valence-corrected chi connectivity index (χ0v) is 4.43. The minimum Gasteiger partial charge on any atom is -0.368 e. The predicted octanol–water partition coefficient (Wildman–Crippen LogP) is -0.841. The average molecular weight is 120 g/mol. The Balaban J connectivity index is 3.32. The van der Waals surface area contributed by atoms with E-state index < -0.39 is 18.6 Å². The van der Waals surface area contributed by atoms with Gasteiger partial charge in [-0.25, -0.2) is 0 Å². The number of carbonyl (C=O) groups is 1. The molecular formula is C4H9FN2O. The monoisotopic (exact) mass is 120 g/mol. The zero-order valence-electron chi connectivity index (χ0n) is 4.43. The molecule has 0 saturated carbocycles. The molecule has 0 aliphatic rings. The van der Waals surface area contributed by atoms with Crippen molar-refractivity contribution in [1.82, 2.24) is 0 Å². The first kappa shape index (κ1) is 7.36. The molecule has 3 nitrogen and oxygen atoms in total. The molecule has 0 bridgehead atoms. The van der Waals surface area contributed by atoms with E-state index in [-0.39, 0.29) is 6.42 Å². The van der Waals surface area contributed by atoms with E-state index in [2.05, 4.69) is 0 Å². The van der Waals surface area contributed by atoms with Gasteiger partial charge in [-0.3, -0.25) is 9.18 Å². The van der Waals surface area contributed by atoms with Gasteiger partial charge in [0.2, 0.25) is 5.91 Å². The second-order valence-corrected chi connectivity index (χ2v) is 1.49. The van der Waals surface area contributed by atoms with E-state index in [1.165, 1.54) is 0 Å². The van der Waals surface area contributed by atoms with Gasteiger partial charge in [0.25, 0.3) is 0 Å². The van der Waals surface area contributed by atoms with Gasteiger partial charge in [0.1, 0.15) is 0 Å². The van der Waals surface area contributed by atoms with Crippen LogP contribution >= 0.6 is 0 Å². The van der Waals surface area contributed by atoms with Gasteiger partial charge >= 0.3 is 0 Å². The fourth-order valence-corrected chi connectivity index (χ4v) is 0.260. The van der Waals surface area contributed by atoms with E-state index in [1.807, 2.05) is 0 Å². The minimum atomic E-state index is -0.819. The summed E-state index contributed by atoms with van der Waals surface area (Å²) in [7, 11) is 0. The summed E-state index contributed by atoms with van der Waals surface area (Å²) in [6.45, 7) is -0.593. The van der Waals surface area contributed by atoms with Gasteiger partial charge in [-0.05, 0) is 6.42 Å². The quantitative estimate of drug-likeness (QED) is 0.509. The van der Waals surface area contributed by atoms with Crippen molar-refractivity contribution >= 4 is 5.91 Å². The van der Waals surface area contributed by atoms with E-state index in [4.69, 9.17) is 11.5 Å². The molecule has 0 rings (SSSR count). The van der Waals surface area contributed by atoms with Crippen molar-refractivity contribution in [3.8, 4) is 0 Å². The highest BCUT2D eigenvalue weighted by Crippen LogP contribution is 1.85. The summed E-state index contributed by atoms with van der Waals surface area (Å²) < 4.78 is 11.3. The maximum Gasteiger partial charge on any atom is 0.234 e. The van der Waals surface area contributed by atoms with Crippen LogP contribution in [0.25, 0.3) is 0 Å². The van der Waals surface area contributed by atoms with Crippen LogP contribution in [0.5, 0.6) is 0 Å². The number of primary amides is 1. The number of hydrogen-bond donors (Lipinski definition) is 2. The smallest absolute Gasteiger partial charge is 0.234 e. The molecule has 0 fully saturated rings. The largest absolute Gasteiger partial charge is 0.368 e. The van der Waals surface area contributed by atoms with E-state index in [1.54, 1.807) is 0 Å². The van der Waals surface area contributed by atoms with Crippen LogP contribution in [-0.2, 0) is 4.79 Å². The Kier molecular flexibility index (Phi) is 3.10. The van der Waals surface area contributed by atoms with E-state index in [9.17, 15) is 9.18 Å². The third-order valence-corrected chi connectivity index (χ3v) is 0.786. The summed E-state index contributed by atoms with van der Waals surface area (Å²) in [6.07, 6.45) is 0.0231. The van der Waals surface area contributed by atoms with Crippen LogP contribution < -0.4 is 11.5 Å². The number of hydrogen-bond acceptors (Lipinski definition) is 2. The van der Waals surface area contributed by atoms with E-state index in [0.717, 1.165) is 0 Å². The molecule has 8 heavy (non-hydrogen) atoms. The molecular weight excluding hydrogens is 111 g/mol. The molecule has 4 heteroatoms. The first-order valence-electron chi connectivity index (χ1n) is 2.29. The first-order valence-corrected chi connectivity index (χ1v) is 2.29. The van der Waals surface area contributed by atoms with Crippen LogP contribution in [0.2, 0.25) is 0 Å². The lowest BCUT2D eigenvalue weighted by Crippen LogP contribution is -2.36. The number of carbonyl (C=O) groups excluding carboxylic acids is 1. The van der Waals surface area contributed by atoms with Crippen LogP contribution in [0.15, 0.2) is 0 Å². The molecule has 0 aromatic rings. The summed E-state index contributed by atoms with van der Waals surface area (Å²) in [5, 5.41) is 0. The Bertz CT molecular complexity index is 86.1. The number of halogens is 1. The van der Waals surface area contributed by atoms with E-state index >= 15 is 0 Å². The van der Waals surface area contributed by atoms with Crippen molar-refractivity contribution in [2.75, 3.05) is 6.67 Å². The molecule has 4 N–H and O–H groups in total. The number of nitrogens with two attached hydrogens (primary N) is 2. The Morgan fingerprint density at radius 1 is 1.75 bits per heavy atom. The Hall–Kier alpha value is -0.640. The molecule has 0 heterocycles. The second kappa shape index (κ2) is 3.37. The van der Waals surface area contributed by atoms with Crippen LogP contribution in [0.3, 0.4) is 0 Å². The molecule has 0 unspecified atom stereocenters. The van der Waals surface area contributed by atoms with Crippen molar-refractivity contribution in [3.63, 3.8) is 0 Å². The standard InChI is InChI=1S/C4H9FN2O/c5-2-1-3(6)4(7)8/h3H,1-2,6H2,(H2,7,8)/t3-/m1/s1. The third-order valence-electron chi connectivity index (χ3n) is 0.786. The topological polar surface area (TPSA) is 69.1 Å². The zero-order chi connectivity index (χ0) is 6.57. The highest BCUT2D eigenvalue weighted by atomic mass is 19.1. The van der Waals surface area contributed by atoms with Crippen LogP contribution in [0, 0.1) is 0 Å². The highest BCUT2D eigenvalue weighted by molar-refractivity contribution is 5.79. The van der Waals surface area contributed by atoms with Gasteiger partial charge in [-0.15, -0.1) is 0 Å². The van der Waals surface area contributed by atoms with Crippen LogP contribution in [0.1, 0.15) is 6.42 Å². The molecule has 1 amide bonds. The molecule has 0 aromatic carbocycles. The molecule has 0 aliphatic heterocycles. The molecule has 0 aliphatic carbocycles. The van der Waals surface area contributed by atoms with Crippen LogP contribution in [-0.4, -0.2) is 18.6 Å². The summed E-state index contributed by atoms with van der Waals surface area (Å²) in [4.78, 5) is 10.0. The summed E-state index contributed by atoms with van der Waals surface area (Å²) in [5.41, 5.74) is 9.70. The van der Waals surface area contributed by atoms with Crippen molar-refractivity contribution in [2.24, 2.45) is 11.5 Å². The lowest BCUT2D eigenvalue weighted by atomic mass is 10.2. The first-order chi connectivity index (χ1) is 3.68. The fraction of sp³-hybridized carbons (Fsp3) is 0.750. The summed E-state index contributed by atoms with van der Waals surface area (Å²) in [6, 6.07) is -0.819. The molecule has 0 aromatic heterocycles. The Morgan fingerprint density at radius 3 is 2.38 bits per heavy atom. The lowest BCUT2D eigenvalue weighted by Gasteiger charge is -2.00. The average Bonchev–Trinajstić information content (AvgIpc) is 1.67. The molecule has 1 atom stereocenters. The van der Waals surface area contributed by atoms with Crippen LogP contribution in [0.4, 0.5) is 4.39 Å². The molecule has 0 radical (unpaired) electrons. The number of rotatable bonds is 3. The normalized spacial score (nSPS) is 13.2. The SMILES string of the molecule is NC(=O)[C@H](N)CCF. The number of amides is 1. The molecule has 0 spiro atoms. The summed E-state index contributed by atoms with van der Waals surface area (Å²) in [5.74, 6) is -0.650. The molecule has 48 valence electrons. The van der Waals surface area contributed by atoms with E-state index in [0.29, 0.717) is 0 Å². The maximum absolute atomic E-state index is 11.3. The molecule has 0 saturated heterocycles. The maximum atomic E-state index is 11.3. The minimum absolute atomic E-state index is 0.0231. The predicted molar refractivity (Wildman–Crippen MR) is 27.8 cm³/mol. The van der Waals surface area contributed by atoms with Gasteiger partial charge in [-0.2, -0.15) is 0 Å². The number of alkyl halides is 1. The van der Waals surface area contributed by atoms with Gasteiger partial charge < -0.3 is 11.5 Å². The fourth-order valence-electron chi connectivity index (χ4n) is 0.260.